The molecule has 3 nitrogen and oxygen atoms in total. The molecule has 0 aromatic heterocycles. The summed E-state index contributed by atoms with van der Waals surface area (Å²) in [6, 6.07) is 7.91. The number of nitriles is 1. The molecule has 18 heavy (non-hydrogen) atoms. The van der Waals surface area contributed by atoms with Crippen LogP contribution in [0.5, 0.6) is 5.75 Å². The molecule has 0 fully saturated rings. The number of benzene rings is 1. The van der Waals surface area contributed by atoms with Crippen molar-refractivity contribution < 1.29 is 4.74 Å². The second-order valence-corrected chi connectivity index (χ2v) is 5.47. The van der Waals surface area contributed by atoms with Gasteiger partial charge in [-0.05, 0) is 31.4 Å². The van der Waals surface area contributed by atoms with Gasteiger partial charge in [-0.3, -0.25) is 0 Å². The third-order valence-electron chi connectivity index (χ3n) is 3.32. The second-order valence-electron chi connectivity index (χ2n) is 5.47. The van der Waals surface area contributed by atoms with Crippen LogP contribution in [0.4, 0.5) is 0 Å². The van der Waals surface area contributed by atoms with Gasteiger partial charge in [0.05, 0.1) is 24.6 Å². The molecule has 0 heterocycles. The highest BCUT2D eigenvalue weighted by Gasteiger charge is 2.30. The Morgan fingerprint density at radius 1 is 1.33 bits per heavy atom. The quantitative estimate of drug-likeness (QED) is 0.886. The summed E-state index contributed by atoms with van der Waals surface area (Å²) >= 11 is 0. The first-order valence-electron chi connectivity index (χ1n) is 6.18. The van der Waals surface area contributed by atoms with Gasteiger partial charge in [0.15, 0.2) is 0 Å². The number of hydrogen-bond donors (Lipinski definition) is 1. The topological polar surface area (TPSA) is 59.0 Å². The first kappa shape index (κ1) is 14.5. The van der Waals surface area contributed by atoms with Crippen molar-refractivity contribution in [2.75, 3.05) is 7.11 Å². The highest BCUT2D eigenvalue weighted by molar-refractivity contribution is 5.41. The van der Waals surface area contributed by atoms with E-state index in [0.29, 0.717) is 5.92 Å². The molecule has 0 saturated carbocycles. The second kappa shape index (κ2) is 5.41. The zero-order chi connectivity index (χ0) is 13.9. The summed E-state index contributed by atoms with van der Waals surface area (Å²) in [6.07, 6.45) is 0. The summed E-state index contributed by atoms with van der Waals surface area (Å²) in [5.74, 6) is 1.17. The van der Waals surface area contributed by atoms with Crippen LogP contribution in [0, 0.1) is 16.7 Å². The SMILES string of the molecule is COc1ccc(C(C)C)cc1C(N)C(C)(C)C#N. The van der Waals surface area contributed by atoms with E-state index < -0.39 is 5.41 Å². The highest BCUT2D eigenvalue weighted by Crippen LogP contribution is 2.36. The molecule has 0 spiro atoms. The smallest absolute Gasteiger partial charge is 0.123 e. The fourth-order valence-electron chi connectivity index (χ4n) is 1.81. The van der Waals surface area contributed by atoms with Crippen LogP contribution in [0.25, 0.3) is 0 Å². The van der Waals surface area contributed by atoms with Gasteiger partial charge in [0.2, 0.25) is 0 Å². The van der Waals surface area contributed by atoms with Gasteiger partial charge in [-0.25, -0.2) is 0 Å². The number of methoxy groups -OCH3 is 1. The summed E-state index contributed by atoms with van der Waals surface area (Å²) in [5.41, 5.74) is 7.71. The van der Waals surface area contributed by atoms with Crippen LogP contribution in [-0.4, -0.2) is 7.11 Å². The van der Waals surface area contributed by atoms with Gasteiger partial charge in [0.25, 0.3) is 0 Å². The fourth-order valence-corrected chi connectivity index (χ4v) is 1.81. The minimum atomic E-state index is -0.622. The first-order chi connectivity index (χ1) is 8.33. The van der Waals surface area contributed by atoms with Crippen molar-refractivity contribution >= 4 is 0 Å². The van der Waals surface area contributed by atoms with Crippen molar-refractivity contribution in [3.05, 3.63) is 29.3 Å². The van der Waals surface area contributed by atoms with Crippen LogP contribution in [0.3, 0.4) is 0 Å². The number of nitrogens with zero attached hydrogens (tertiary/aromatic N) is 1. The van der Waals surface area contributed by atoms with E-state index in [1.807, 2.05) is 32.0 Å². The number of rotatable bonds is 4. The Morgan fingerprint density at radius 3 is 2.39 bits per heavy atom. The van der Waals surface area contributed by atoms with E-state index >= 15 is 0 Å². The summed E-state index contributed by atoms with van der Waals surface area (Å²) in [7, 11) is 1.62. The Hall–Kier alpha value is -1.53. The average Bonchev–Trinajstić information content (AvgIpc) is 2.36. The van der Waals surface area contributed by atoms with Crippen LogP contribution in [0.2, 0.25) is 0 Å². The lowest BCUT2D eigenvalue weighted by molar-refractivity contribution is 0.362. The molecule has 0 radical (unpaired) electrons. The monoisotopic (exact) mass is 246 g/mol. The number of nitrogens with two attached hydrogens (primary N) is 1. The van der Waals surface area contributed by atoms with Crippen molar-refractivity contribution in [3.8, 4) is 11.8 Å². The molecule has 3 heteroatoms. The molecule has 1 rings (SSSR count). The van der Waals surface area contributed by atoms with Gasteiger partial charge < -0.3 is 10.5 Å². The largest absolute Gasteiger partial charge is 0.496 e. The Kier molecular flexibility index (Phi) is 4.37. The van der Waals surface area contributed by atoms with Crippen LogP contribution < -0.4 is 10.5 Å². The fraction of sp³-hybridized carbons (Fsp3) is 0.533. The lowest BCUT2D eigenvalue weighted by atomic mass is 9.81. The lowest BCUT2D eigenvalue weighted by Crippen LogP contribution is -2.28. The molecule has 0 aliphatic rings. The Labute approximate surface area is 110 Å². The lowest BCUT2D eigenvalue weighted by Gasteiger charge is -2.26. The molecule has 98 valence electrons. The van der Waals surface area contributed by atoms with Crippen molar-refractivity contribution in [2.24, 2.45) is 11.1 Å². The van der Waals surface area contributed by atoms with Crippen LogP contribution in [0.15, 0.2) is 18.2 Å². The van der Waals surface area contributed by atoms with E-state index in [2.05, 4.69) is 19.9 Å². The molecule has 0 saturated heterocycles. The van der Waals surface area contributed by atoms with Gasteiger partial charge >= 0.3 is 0 Å². The van der Waals surface area contributed by atoms with Crippen molar-refractivity contribution in [2.45, 2.75) is 39.7 Å². The molecule has 0 aliphatic heterocycles. The maximum Gasteiger partial charge on any atom is 0.123 e. The molecule has 1 aromatic carbocycles. The van der Waals surface area contributed by atoms with Gasteiger partial charge in [-0.15, -0.1) is 0 Å². The van der Waals surface area contributed by atoms with Crippen LogP contribution in [0.1, 0.15) is 50.8 Å². The molecule has 0 aliphatic carbocycles. The zero-order valence-corrected chi connectivity index (χ0v) is 11.8. The molecular formula is C15H22N2O. The van der Waals surface area contributed by atoms with Crippen molar-refractivity contribution in [1.82, 2.24) is 0 Å². The first-order valence-corrected chi connectivity index (χ1v) is 6.18. The maximum absolute atomic E-state index is 9.20. The average molecular weight is 246 g/mol. The minimum absolute atomic E-state index is 0.365. The van der Waals surface area contributed by atoms with Gasteiger partial charge in [0.1, 0.15) is 5.75 Å². The summed E-state index contributed by atoms with van der Waals surface area (Å²) in [4.78, 5) is 0. The molecule has 1 aromatic rings. The van der Waals surface area contributed by atoms with E-state index in [-0.39, 0.29) is 6.04 Å². The predicted molar refractivity (Wildman–Crippen MR) is 73.4 cm³/mol. The zero-order valence-electron chi connectivity index (χ0n) is 11.8. The van der Waals surface area contributed by atoms with Crippen molar-refractivity contribution in [1.29, 1.82) is 5.26 Å². The summed E-state index contributed by atoms with van der Waals surface area (Å²) < 4.78 is 5.35. The molecular weight excluding hydrogens is 224 g/mol. The van der Waals surface area contributed by atoms with E-state index in [0.717, 1.165) is 11.3 Å². The van der Waals surface area contributed by atoms with Crippen LogP contribution >= 0.6 is 0 Å². The molecule has 2 N–H and O–H groups in total. The predicted octanol–water partition coefficient (Wildman–Crippen LogP) is 3.37. The summed E-state index contributed by atoms with van der Waals surface area (Å²) in [5, 5.41) is 9.20. The van der Waals surface area contributed by atoms with E-state index in [1.165, 1.54) is 5.56 Å². The van der Waals surface area contributed by atoms with Gasteiger partial charge in [-0.1, -0.05) is 26.0 Å². The van der Waals surface area contributed by atoms with Gasteiger partial charge in [-0.2, -0.15) is 5.26 Å². The van der Waals surface area contributed by atoms with E-state index in [4.69, 9.17) is 10.5 Å². The third kappa shape index (κ3) is 2.83. The van der Waals surface area contributed by atoms with E-state index in [1.54, 1.807) is 7.11 Å². The molecule has 0 bridgehead atoms. The Bertz CT molecular complexity index is 458. The Balaban J connectivity index is 3.29. The number of hydrogen-bond acceptors (Lipinski definition) is 3. The standard InChI is InChI=1S/C15H22N2O/c1-10(2)11-6-7-13(18-5)12(8-11)14(17)15(3,4)9-16/h6-8,10,14H,17H2,1-5H3. The Morgan fingerprint density at radius 2 is 1.94 bits per heavy atom. The van der Waals surface area contributed by atoms with E-state index in [9.17, 15) is 5.26 Å². The van der Waals surface area contributed by atoms with Gasteiger partial charge in [0, 0.05) is 5.56 Å². The summed E-state index contributed by atoms with van der Waals surface area (Å²) in [6.45, 7) is 7.96. The molecule has 1 atom stereocenters. The normalized spacial score (nSPS) is 13.2. The maximum atomic E-state index is 9.20. The molecule has 1 unspecified atom stereocenters. The minimum Gasteiger partial charge on any atom is -0.496 e. The number of ether oxygens (including phenoxy) is 1. The molecule has 0 amide bonds. The van der Waals surface area contributed by atoms with Crippen LogP contribution in [-0.2, 0) is 0 Å². The van der Waals surface area contributed by atoms with Crippen molar-refractivity contribution in [3.63, 3.8) is 0 Å². The third-order valence-corrected chi connectivity index (χ3v) is 3.32. The highest BCUT2D eigenvalue weighted by atomic mass is 16.5.